The molecule has 0 rings (SSSR count). The molecular weight excluding hydrogens is 202 g/mol. The normalized spacial score (nSPS) is 12.6. The van der Waals surface area contributed by atoms with Crippen LogP contribution in [0.3, 0.4) is 0 Å². The molecule has 0 amide bonds. The molecule has 0 fully saturated rings. The van der Waals surface area contributed by atoms with Gasteiger partial charge in [0.15, 0.2) is 0 Å². The van der Waals surface area contributed by atoms with Gasteiger partial charge >= 0.3 is 0 Å². The molecule has 0 aliphatic rings. The highest BCUT2D eigenvalue weighted by Gasteiger charge is 2.10. The third-order valence-electron chi connectivity index (χ3n) is 1.69. The van der Waals surface area contributed by atoms with Crippen LogP contribution in [-0.4, -0.2) is 34.4 Å². The van der Waals surface area contributed by atoms with Crippen LogP contribution in [0.4, 0.5) is 0 Å². The zero-order valence-corrected chi connectivity index (χ0v) is 10.5. The molecule has 0 saturated heterocycles. The summed E-state index contributed by atoms with van der Waals surface area (Å²) >= 11 is 6.89. The van der Waals surface area contributed by atoms with E-state index in [1.165, 1.54) is 0 Å². The van der Waals surface area contributed by atoms with Crippen molar-refractivity contribution in [3.05, 3.63) is 0 Å². The van der Waals surface area contributed by atoms with Crippen LogP contribution in [-0.2, 0) is 4.74 Å². The second kappa shape index (κ2) is 7.59. The Bertz CT molecular complexity index is 149. The molecule has 0 spiro atoms. The number of rotatable bonds is 5. The molecule has 0 radical (unpaired) electrons. The number of thioether (sulfide) groups is 1. The topological polar surface area (TPSA) is 12.5 Å². The minimum atomic E-state index is 0.165. The van der Waals surface area contributed by atoms with Gasteiger partial charge in [-0.15, -0.1) is 0 Å². The van der Waals surface area contributed by atoms with Crippen molar-refractivity contribution in [3.63, 3.8) is 0 Å². The van der Waals surface area contributed by atoms with E-state index in [-0.39, 0.29) is 5.44 Å². The average Bonchev–Trinajstić information content (AvgIpc) is 2.06. The van der Waals surface area contributed by atoms with Gasteiger partial charge in [0.05, 0.1) is 0 Å². The molecule has 0 aromatic carbocycles. The molecule has 0 saturated carbocycles. The highest BCUT2D eigenvalue weighted by molar-refractivity contribution is 8.23. The van der Waals surface area contributed by atoms with E-state index in [9.17, 15) is 0 Å². The Morgan fingerprint density at radius 2 is 1.92 bits per heavy atom. The minimum absolute atomic E-state index is 0.165. The van der Waals surface area contributed by atoms with Gasteiger partial charge in [-0.05, 0) is 27.7 Å². The molecule has 78 valence electrons. The molecule has 0 aromatic heterocycles. The quantitative estimate of drug-likeness (QED) is 0.522. The fourth-order valence-electron chi connectivity index (χ4n) is 0.967. The van der Waals surface area contributed by atoms with E-state index in [2.05, 4.69) is 18.7 Å². The zero-order chi connectivity index (χ0) is 10.3. The summed E-state index contributed by atoms with van der Waals surface area (Å²) < 4.78 is 6.34. The lowest BCUT2D eigenvalue weighted by molar-refractivity contribution is 0.138. The maximum atomic E-state index is 5.40. The Hall–Kier alpha value is 0.200. The van der Waals surface area contributed by atoms with Crippen molar-refractivity contribution >= 4 is 28.3 Å². The number of nitrogens with zero attached hydrogens (tertiary/aromatic N) is 1. The van der Waals surface area contributed by atoms with E-state index in [4.69, 9.17) is 17.0 Å². The number of thiocarbonyl (C=S) groups is 1. The summed E-state index contributed by atoms with van der Waals surface area (Å²) in [5.74, 6) is 0. The summed E-state index contributed by atoms with van der Waals surface area (Å²) in [6.07, 6.45) is 0. The van der Waals surface area contributed by atoms with Crippen molar-refractivity contribution in [2.45, 2.75) is 33.1 Å². The van der Waals surface area contributed by atoms with Crippen molar-refractivity contribution in [2.75, 3.05) is 19.7 Å². The van der Waals surface area contributed by atoms with Gasteiger partial charge in [-0.25, -0.2) is 0 Å². The van der Waals surface area contributed by atoms with Crippen LogP contribution >= 0.6 is 24.0 Å². The van der Waals surface area contributed by atoms with Gasteiger partial charge in [-0.3, -0.25) is 0 Å². The highest BCUT2D eigenvalue weighted by atomic mass is 32.2. The summed E-state index contributed by atoms with van der Waals surface area (Å²) in [7, 11) is 0. The molecule has 0 unspecified atom stereocenters. The Kier molecular flexibility index (Phi) is 7.71. The molecule has 0 aliphatic carbocycles. The molecule has 0 N–H and O–H groups in total. The van der Waals surface area contributed by atoms with Crippen molar-refractivity contribution in [1.29, 1.82) is 0 Å². The summed E-state index contributed by atoms with van der Waals surface area (Å²) in [5, 5.41) is 0. The second-order valence-corrected chi connectivity index (χ2v) is 4.51. The first-order chi connectivity index (χ1) is 6.15. The molecule has 0 heterocycles. The largest absolute Gasteiger partial charge is 0.368 e. The molecule has 13 heavy (non-hydrogen) atoms. The van der Waals surface area contributed by atoms with Crippen LogP contribution in [0.25, 0.3) is 0 Å². The molecule has 0 bridgehead atoms. The first kappa shape index (κ1) is 13.2. The molecule has 0 aliphatic heterocycles. The molecule has 4 heteroatoms. The third kappa shape index (κ3) is 5.49. The Balaban J connectivity index is 3.83. The molecule has 2 nitrogen and oxygen atoms in total. The highest BCUT2D eigenvalue weighted by Crippen LogP contribution is 2.16. The average molecular weight is 221 g/mol. The third-order valence-corrected chi connectivity index (χ3v) is 3.16. The Morgan fingerprint density at radius 3 is 2.31 bits per heavy atom. The maximum Gasteiger partial charge on any atom is 0.138 e. The standard InChI is InChI=1S/C9H19NOS2/c1-5-10(6-2)9(12)13-8(4)11-7-3/h8H,5-7H2,1-4H3/t8-/m1/s1. The Labute approximate surface area is 91.0 Å². The van der Waals surface area contributed by atoms with E-state index in [0.29, 0.717) is 0 Å². The van der Waals surface area contributed by atoms with Gasteiger partial charge in [0, 0.05) is 19.7 Å². The van der Waals surface area contributed by atoms with Crippen LogP contribution in [0.5, 0.6) is 0 Å². The van der Waals surface area contributed by atoms with Gasteiger partial charge in [-0.1, -0.05) is 24.0 Å². The van der Waals surface area contributed by atoms with E-state index in [0.717, 1.165) is 24.0 Å². The fourth-order valence-corrected chi connectivity index (χ4v) is 2.53. The van der Waals surface area contributed by atoms with Gasteiger partial charge in [0.25, 0.3) is 0 Å². The minimum Gasteiger partial charge on any atom is -0.368 e. The predicted octanol–water partition coefficient (Wildman–Crippen LogP) is 2.73. The monoisotopic (exact) mass is 221 g/mol. The number of hydrogen-bond donors (Lipinski definition) is 0. The van der Waals surface area contributed by atoms with Crippen LogP contribution in [0.1, 0.15) is 27.7 Å². The summed E-state index contributed by atoms with van der Waals surface area (Å²) in [6.45, 7) is 10.9. The van der Waals surface area contributed by atoms with Crippen LogP contribution in [0.15, 0.2) is 0 Å². The summed E-state index contributed by atoms with van der Waals surface area (Å²) in [6, 6.07) is 0. The first-order valence-electron chi connectivity index (χ1n) is 4.72. The first-order valence-corrected chi connectivity index (χ1v) is 6.01. The molecule has 1 atom stereocenters. The summed E-state index contributed by atoms with van der Waals surface area (Å²) in [5.41, 5.74) is 0.165. The maximum absolute atomic E-state index is 5.40. The predicted molar refractivity (Wildman–Crippen MR) is 64.2 cm³/mol. The van der Waals surface area contributed by atoms with Crippen LogP contribution < -0.4 is 0 Å². The summed E-state index contributed by atoms with van der Waals surface area (Å²) in [4.78, 5) is 2.16. The van der Waals surface area contributed by atoms with Crippen molar-refractivity contribution < 1.29 is 4.74 Å². The lowest BCUT2D eigenvalue weighted by atomic mass is 10.6. The second-order valence-electron chi connectivity index (χ2n) is 2.58. The van der Waals surface area contributed by atoms with Crippen molar-refractivity contribution in [3.8, 4) is 0 Å². The van der Waals surface area contributed by atoms with Crippen molar-refractivity contribution in [1.82, 2.24) is 4.90 Å². The SMILES string of the molecule is CCO[C@@H](C)SC(=S)N(CC)CC. The number of ether oxygens (including phenoxy) is 1. The smallest absolute Gasteiger partial charge is 0.138 e. The van der Waals surface area contributed by atoms with E-state index < -0.39 is 0 Å². The van der Waals surface area contributed by atoms with E-state index in [1.807, 2.05) is 13.8 Å². The van der Waals surface area contributed by atoms with Gasteiger partial charge in [0.2, 0.25) is 0 Å². The van der Waals surface area contributed by atoms with Gasteiger partial charge in [0.1, 0.15) is 9.76 Å². The molecule has 0 aromatic rings. The lowest BCUT2D eigenvalue weighted by Crippen LogP contribution is -2.28. The van der Waals surface area contributed by atoms with Gasteiger partial charge in [-0.2, -0.15) is 0 Å². The van der Waals surface area contributed by atoms with E-state index >= 15 is 0 Å². The zero-order valence-electron chi connectivity index (χ0n) is 8.87. The lowest BCUT2D eigenvalue weighted by Gasteiger charge is -2.22. The fraction of sp³-hybridized carbons (Fsp3) is 0.889. The van der Waals surface area contributed by atoms with Crippen molar-refractivity contribution in [2.24, 2.45) is 0 Å². The van der Waals surface area contributed by atoms with E-state index in [1.54, 1.807) is 11.8 Å². The van der Waals surface area contributed by atoms with Crippen LogP contribution in [0, 0.1) is 0 Å². The van der Waals surface area contributed by atoms with Gasteiger partial charge < -0.3 is 9.64 Å². The van der Waals surface area contributed by atoms with Crippen LogP contribution in [0.2, 0.25) is 0 Å². The molecular formula is C9H19NOS2. The Morgan fingerprint density at radius 1 is 1.38 bits per heavy atom. The number of hydrogen-bond acceptors (Lipinski definition) is 3.